The van der Waals surface area contributed by atoms with Crippen LogP contribution in [0.15, 0.2) is 59.6 Å². The molecule has 0 aliphatic carbocycles. The number of sulfonamides is 1. The summed E-state index contributed by atoms with van der Waals surface area (Å²) in [6.45, 7) is 0. The minimum atomic E-state index is -4.26. The van der Waals surface area contributed by atoms with Gasteiger partial charge in [0.2, 0.25) is 0 Å². The number of carbonyl (C=O) groups excluding carboxylic acids is 1. The molecule has 1 N–H and O–H groups in total. The number of rotatable bonds is 3. The highest BCUT2D eigenvalue weighted by atomic mass is 32.2. The topological polar surface area (TPSA) is 88.6 Å². The number of carbonyl (C=O) groups is 1. The molecule has 10 heteroatoms. The molecule has 0 radical (unpaired) electrons. The van der Waals surface area contributed by atoms with E-state index in [1.165, 1.54) is 30.3 Å². The molecule has 0 saturated carbocycles. The van der Waals surface area contributed by atoms with Crippen LogP contribution < -0.4 is 14.4 Å². The maximum Gasteiger partial charge on any atom is 0.263 e. The van der Waals surface area contributed by atoms with Crippen molar-refractivity contribution in [3.8, 4) is 11.5 Å². The van der Waals surface area contributed by atoms with Crippen LogP contribution in [0.2, 0.25) is 0 Å². The van der Waals surface area contributed by atoms with E-state index >= 15 is 0 Å². The number of hydrogen-bond acceptors (Lipinski definition) is 5. The van der Waals surface area contributed by atoms with Crippen molar-refractivity contribution in [1.29, 1.82) is 0 Å². The zero-order chi connectivity index (χ0) is 20.8. The van der Waals surface area contributed by atoms with Crippen LogP contribution in [0, 0.1) is 11.6 Å². The smallest absolute Gasteiger partial charge is 0.263 e. The van der Waals surface area contributed by atoms with Gasteiger partial charge in [-0.3, -0.25) is 14.4 Å². The molecule has 0 saturated heterocycles. The van der Waals surface area contributed by atoms with Gasteiger partial charge in [-0.15, -0.1) is 0 Å². The molecule has 7 nitrogen and oxygen atoms in total. The molecule has 1 amide bonds. The minimum Gasteiger partial charge on any atom is -0.453 e. The Labute approximate surface area is 164 Å². The Bertz CT molecular complexity index is 1250. The zero-order valence-corrected chi connectivity index (χ0v) is 15.7. The molecule has 1 aliphatic rings. The molecule has 2 heterocycles. The first-order valence-electron chi connectivity index (χ1n) is 8.29. The van der Waals surface area contributed by atoms with Gasteiger partial charge in [-0.1, -0.05) is 0 Å². The van der Waals surface area contributed by atoms with Gasteiger partial charge in [0, 0.05) is 19.3 Å². The number of ether oxygens (including phenoxy) is 1. The fourth-order valence-electron chi connectivity index (χ4n) is 2.82. The fourth-order valence-corrected chi connectivity index (χ4v) is 3.91. The summed E-state index contributed by atoms with van der Waals surface area (Å²) in [5.41, 5.74) is -0.425. The van der Waals surface area contributed by atoms with Crippen molar-refractivity contribution in [2.24, 2.45) is 0 Å². The monoisotopic (exact) mass is 417 g/mol. The van der Waals surface area contributed by atoms with Gasteiger partial charge in [-0.2, -0.15) is 0 Å². The molecule has 4 rings (SSSR count). The zero-order valence-electron chi connectivity index (χ0n) is 14.9. The Morgan fingerprint density at radius 2 is 1.86 bits per heavy atom. The van der Waals surface area contributed by atoms with Gasteiger partial charge in [0.1, 0.15) is 17.4 Å². The van der Waals surface area contributed by atoms with Crippen LogP contribution in [-0.4, -0.2) is 26.4 Å². The second kappa shape index (κ2) is 6.82. The van der Waals surface area contributed by atoms with Crippen LogP contribution in [0.4, 0.5) is 20.3 Å². The summed E-state index contributed by atoms with van der Waals surface area (Å²) < 4.78 is 60.0. The van der Waals surface area contributed by atoms with Crippen molar-refractivity contribution < 1.29 is 26.7 Å². The average molecular weight is 417 g/mol. The standard InChI is InChI=1S/C19H13F2N3O4S/c1-24-18-17(3-2-8-22-18)28-16-7-5-12(10-13(16)19(24)25)29(26,27)23-15-6-4-11(20)9-14(15)21/h2-10,23H,1H3. The number of hydrogen-bond donors (Lipinski definition) is 1. The van der Waals surface area contributed by atoms with Crippen LogP contribution in [-0.2, 0) is 10.0 Å². The van der Waals surface area contributed by atoms with Crippen LogP contribution in [0.1, 0.15) is 10.4 Å². The van der Waals surface area contributed by atoms with E-state index in [4.69, 9.17) is 4.74 Å². The molecule has 2 aromatic carbocycles. The first-order chi connectivity index (χ1) is 13.8. The Hall–Kier alpha value is -3.53. The molecule has 0 fully saturated rings. The number of nitrogens with one attached hydrogen (secondary N) is 1. The van der Waals surface area contributed by atoms with Gasteiger partial charge in [0.15, 0.2) is 11.6 Å². The van der Waals surface area contributed by atoms with E-state index in [1.807, 2.05) is 4.72 Å². The third-order valence-electron chi connectivity index (χ3n) is 4.26. The van der Waals surface area contributed by atoms with Crippen molar-refractivity contribution in [2.45, 2.75) is 4.90 Å². The van der Waals surface area contributed by atoms with Crippen molar-refractivity contribution in [1.82, 2.24) is 4.98 Å². The highest BCUT2D eigenvalue weighted by Gasteiger charge is 2.28. The fraction of sp³-hybridized carbons (Fsp3) is 0.0526. The van der Waals surface area contributed by atoms with Crippen LogP contribution >= 0.6 is 0 Å². The Balaban J connectivity index is 1.74. The molecular formula is C19H13F2N3O4S. The number of amides is 1. The van der Waals surface area contributed by atoms with Crippen LogP contribution in [0.5, 0.6) is 11.5 Å². The predicted molar refractivity (Wildman–Crippen MR) is 101 cm³/mol. The largest absolute Gasteiger partial charge is 0.453 e. The van der Waals surface area contributed by atoms with E-state index in [2.05, 4.69) is 4.98 Å². The maximum absolute atomic E-state index is 13.8. The van der Waals surface area contributed by atoms with E-state index in [-0.39, 0.29) is 22.0 Å². The quantitative estimate of drug-likeness (QED) is 0.704. The van der Waals surface area contributed by atoms with Crippen molar-refractivity contribution >= 4 is 27.4 Å². The lowest BCUT2D eigenvalue weighted by Crippen LogP contribution is -2.26. The second-order valence-corrected chi connectivity index (χ2v) is 7.86. The van der Waals surface area contributed by atoms with Gasteiger partial charge < -0.3 is 4.74 Å². The van der Waals surface area contributed by atoms with E-state index in [0.717, 1.165) is 18.2 Å². The molecule has 3 aromatic rings. The Kier molecular flexibility index (Phi) is 4.42. The predicted octanol–water partition coefficient (Wildman–Crippen LogP) is 3.54. The summed E-state index contributed by atoms with van der Waals surface area (Å²) in [4.78, 5) is 17.9. The van der Waals surface area contributed by atoms with E-state index in [1.54, 1.807) is 12.1 Å². The molecule has 148 valence electrons. The summed E-state index contributed by atoms with van der Waals surface area (Å²) in [5.74, 6) is -1.66. The van der Waals surface area contributed by atoms with Crippen molar-refractivity contribution in [2.75, 3.05) is 16.7 Å². The number of aromatic nitrogens is 1. The highest BCUT2D eigenvalue weighted by Crippen LogP contribution is 2.37. The molecule has 0 bridgehead atoms. The summed E-state index contributed by atoms with van der Waals surface area (Å²) in [5, 5.41) is 0. The molecule has 1 aromatic heterocycles. The summed E-state index contributed by atoms with van der Waals surface area (Å²) >= 11 is 0. The number of anilines is 2. The van der Waals surface area contributed by atoms with Gasteiger partial charge >= 0.3 is 0 Å². The SMILES string of the molecule is CN1C(=O)c2cc(S(=O)(=O)Nc3ccc(F)cc3F)ccc2Oc2cccnc21. The first kappa shape index (κ1) is 18.8. The first-order valence-corrected chi connectivity index (χ1v) is 9.77. The van der Waals surface area contributed by atoms with E-state index < -0.39 is 33.3 Å². The number of fused-ring (bicyclic) bond motifs is 2. The lowest BCUT2D eigenvalue weighted by Gasteiger charge is -2.14. The lowest BCUT2D eigenvalue weighted by molar-refractivity contribution is 0.0992. The van der Waals surface area contributed by atoms with Crippen molar-refractivity contribution in [3.63, 3.8) is 0 Å². The Morgan fingerprint density at radius 1 is 1.07 bits per heavy atom. The normalized spacial score (nSPS) is 13.2. The highest BCUT2D eigenvalue weighted by molar-refractivity contribution is 7.92. The summed E-state index contributed by atoms with van der Waals surface area (Å²) in [6, 6.07) is 9.41. The molecular weight excluding hydrogens is 404 g/mol. The van der Waals surface area contributed by atoms with Gasteiger partial charge in [-0.25, -0.2) is 22.2 Å². The van der Waals surface area contributed by atoms with Gasteiger partial charge in [0.05, 0.1) is 16.1 Å². The number of pyridine rings is 1. The molecule has 0 spiro atoms. The van der Waals surface area contributed by atoms with Gasteiger partial charge in [0.25, 0.3) is 15.9 Å². The van der Waals surface area contributed by atoms with Crippen LogP contribution in [0.3, 0.4) is 0 Å². The Morgan fingerprint density at radius 3 is 2.62 bits per heavy atom. The summed E-state index contributed by atoms with van der Waals surface area (Å²) in [6.07, 6.45) is 1.50. The minimum absolute atomic E-state index is 0.00652. The lowest BCUT2D eigenvalue weighted by atomic mass is 10.2. The molecule has 0 atom stereocenters. The number of nitrogens with zero attached hydrogens (tertiary/aromatic N) is 2. The molecule has 29 heavy (non-hydrogen) atoms. The maximum atomic E-state index is 13.8. The van der Waals surface area contributed by atoms with E-state index in [0.29, 0.717) is 11.8 Å². The molecule has 0 unspecified atom stereocenters. The van der Waals surface area contributed by atoms with Crippen LogP contribution in [0.25, 0.3) is 0 Å². The van der Waals surface area contributed by atoms with Gasteiger partial charge in [-0.05, 0) is 42.5 Å². The second-order valence-electron chi connectivity index (χ2n) is 6.18. The average Bonchev–Trinajstić information content (AvgIpc) is 2.79. The number of halogens is 2. The van der Waals surface area contributed by atoms with Crippen molar-refractivity contribution in [3.05, 3.63) is 71.9 Å². The summed E-state index contributed by atoms with van der Waals surface area (Å²) in [7, 11) is -2.77. The third kappa shape index (κ3) is 3.38. The molecule has 1 aliphatic heterocycles. The number of benzene rings is 2. The third-order valence-corrected chi connectivity index (χ3v) is 5.62. The van der Waals surface area contributed by atoms with E-state index in [9.17, 15) is 22.0 Å².